The molecule has 0 amide bonds. The highest BCUT2D eigenvalue weighted by molar-refractivity contribution is 6.31. The van der Waals surface area contributed by atoms with Gasteiger partial charge in [0.15, 0.2) is 0 Å². The smallest absolute Gasteiger partial charge is 0.229 e. The number of rotatable bonds is 5. The molecule has 24 heavy (non-hydrogen) atoms. The van der Waals surface area contributed by atoms with Crippen molar-refractivity contribution in [3.8, 4) is 11.4 Å². The summed E-state index contributed by atoms with van der Waals surface area (Å²) in [6.45, 7) is 2.70. The SMILES string of the molecule is CCNc1cc(-c2ccccn2)nc(Nc2ccc(F)c(Cl)c2)n1. The predicted molar refractivity (Wildman–Crippen MR) is 94.1 cm³/mol. The van der Waals surface area contributed by atoms with Crippen LogP contribution in [-0.2, 0) is 0 Å². The van der Waals surface area contributed by atoms with Crippen LogP contribution in [0.5, 0.6) is 0 Å². The van der Waals surface area contributed by atoms with Crippen molar-refractivity contribution in [2.24, 2.45) is 0 Å². The molecule has 0 aliphatic rings. The van der Waals surface area contributed by atoms with Gasteiger partial charge in [0.1, 0.15) is 11.6 Å². The predicted octanol–water partition coefficient (Wildman–Crippen LogP) is 4.51. The zero-order chi connectivity index (χ0) is 16.9. The Kier molecular flexibility index (Phi) is 4.86. The Labute approximate surface area is 144 Å². The van der Waals surface area contributed by atoms with Gasteiger partial charge in [0.2, 0.25) is 5.95 Å². The Balaban J connectivity index is 1.97. The van der Waals surface area contributed by atoms with Crippen LogP contribution >= 0.6 is 11.6 Å². The van der Waals surface area contributed by atoms with Crippen molar-refractivity contribution in [2.75, 3.05) is 17.2 Å². The van der Waals surface area contributed by atoms with Crippen LogP contribution in [0.1, 0.15) is 6.92 Å². The van der Waals surface area contributed by atoms with Gasteiger partial charge in [0, 0.05) is 24.5 Å². The van der Waals surface area contributed by atoms with Gasteiger partial charge >= 0.3 is 0 Å². The van der Waals surface area contributed by atoms with Crippen molar-refractivity contribution in [3.05, 3.63) is 59.5 Å². The van der Waals surface area contributed by atoms with Crippen molar-refractivity contribution < 1.29 is 4.39 Å². The van der Waals surface area contributed by atoms with Gasteiger partial charge in [-0.1, -0.05) is 17.7 Å². The average molecular weight is 344 g/mol. The van der Waals surface area contributed by atoms with Crippen LogP contribution in [0.25, 0.3) is 11.4 Å². The number of nitrogens with one attached hydrogen (secondary N) is 2. The number of nitrogens with zero attached hydrogens (tertiary/aromatic N) is 3. The second-order valence-corrected chi connectivity index (χ2v) is 5.37. The van der Waals surface area contributed by atoms with Gasteiger partial charge in [-0.15, -0.1) is 0 Å². The number of hydrogen-bond donors (Lipinski definition) is 2. The summed E-state index contributed by atoms with van der Waals surface area (Å²) in [6, 6.07) is 11.8. The van der Waals surface area contributed by atoms with Crippen LogP contribution in [0.15, 0.2) is 48.7 Å². The molecule has 2 heterocycles. The van der Waals surface area contributed by atoms with E-state index in [9.17, 15) is 4.39 Å². The van der Waals surface area contributed by atoms with Gasteiger partial charge in [-0.2, -0.15) is 4.98 Å². The summed E-state index contributed by atoms with van der Waals surface area (Å²) in [4.78, 5) is 13.2. The third kappa shape index (κ3) is 3.78. The number of halogens is 2. The van der Waals surface area contributed by atoms with E-state index in [1.165, 1.54) is 12.1 Å². The summed E-state index contributed by atoms with van der Waals surface area (Å²) in [5.74, 6) is 0.569. The Morgan fingerprint density at radius 1 is 1.08 bits per heavy atom. The minimum atomic E-state index is -0.473. The number of pyridine rings is 1. The molecule has 3 rings (SSSR count). The first-order valence-electron chi connectivity index (χ1n) is 7.42. The number of hydrogen-bond acceptors (Lipinski definition) is 5. The van der Waals surface area contributed by atoms with E-state index in [2.05, 4.69) is 25.6 Å². The monoisotopic (exact) mass is 343 g/mol. The lowest BCUT2D eigenvalue weighted by Gasteiger charge is -2.10. The van der Waals surface area contributed by atoms with Gasteiger partial charge in [-0.3, -0.25) is 4.98 Å². The fraction of sp³-hybridized carbons (Fsp3) is 0.118. The van der Waals surface area contributed by atoms with Gasteiger partial charge in [-0.05, 0) is 37.3 Å². The summed E-state index contributed by atoms with van der Waals surface area (Å²) in [5.41, 5.74) is 2.01. The number of aromatic nitrogens is 3. The van der Waals surface area contributed by atoms with E-state index in [4.69, 9.17) is 11.6 Å². The lowest BCUT2D eigenvalue weighted by atomic mass is 10.2. The van der Waals surface area contributed by atoms with Crippen LogP contribution < -0.4 is 10.6 Å². The molecule has 1 aromatic carbocycles. The van der Waals surface area contributed by atoms with Crippen molar-refractivity contribution in [2.45, 2.75) is 6.92 Å². The Hall–Kier alpha value is -2.73. The highest BCUT2D eigenvalue weighted by Gasteiger charge is 2.09. The molecule has 3 aromatic rings. The highest BCUT2D eigenvalue weighted by Crippen LogP contribution is 2.24. The lowest BCUT2D eigenvalue weighted by molar-refractivity contribution is 0.628. The lowest BCUT2D eigenvalue weighted by Crippen LogP contribution is -2.05. The Morgan fingerprint density at radius 3 is 2.67 bits per heavy atom. The third-order valence-corrected chi connectivity index (χ3v) is 3.48. The number of anilines is 3. The van der Waals surface area contributed by atoms with Crippen LogP contribution in [0.3, 0.4) is 0 Å². The van der Waals surface area contributed by atoms with E-state index in [0.717, 1.165) is 12.2 Å². The average Bonchev–Trinajstić information content (AvgIpc) is 2.59. The maximum Gasteiger partial charge on any atom is 0.229 e. The molecule has 0 bridgehead atoms. The molecule has 7 heteroatoms. The third-order valence-electron chi connectivity index (χ3n) is 3.19. The molecule has 0 radical (unpaired) electrons. The van der Waals surface area contributed by atoms with Crippen LogP contribution in [0, 0.1) is 5.82 Å². The first-order valence-corrected chi connectivity index (χ1v) is 7.80. The Bertz CT molecular complexity index is 842. The molecule has 0 fully saturated rings. The summed E-state index contributed by atoms with van der Waals surface area (Å²) < 4.78 is 13.3. The van der Waals surface area contributed by atoms with Crippen LogP contribution in [-0.4, -0.2) is 21.5 Å². The fourth-order valence-corrected chi connectivity index (χ4v) is 2.30. The standard InChI is InChI=1S/C17H15ClFN5/c1-2-20-16-10-15(14-5-3-4-8-21-14)23-17(24-16)22-11-6-7-13(19)12(18)9-11/h3-10H,2H2,1H3,(H2,20,22,23,24). The maximum absolute atomic E-state index is 13.3. The molecule has 0 aliphatic carbocycles. The molecule has 0 aliphatic heterocycles. The number of benzene rings is 1. The van der Waals surface area contributed by atoms with Crippen molar-refractivity contribution in [3.63, 3.8) is 0 Å². The largest absolute Gasteiger partial charge is 0.370 e. The first kappa shape index (κ1) is 16.1. The Morgan fingerprint density at radius 2 is 1.96 bits per heavy atom. The van der Waals surface area contributed by atoms with E-state index in [1.54, 1.807) is 12.3 Å². The molecule has 2 aromatic heterocycles. The molecule has 0 saturated heterocycles. The summed E-state index contributed by atoms with van der Waals surface area (Å²) >= 11 is 5.81. The first-order chi connectivity index (χ1) is 11.7. The van der Waals surface area contributed by atoms with Crippen molar-refractivity contribution >= 4 is 29.1 Å². The minimum absolute atomic E-state index is 0.0350. The second kappa shape index (κ2) is 7.23. The summed E-state index contributed by atoms with van der Waals surface area (Å²) in [6.07, 6.45) is 1.71. The van der Waals surface area contributed by atoms with Gasteiger partial charge in [-0.25, -0.2) is 9.37 Å². The van der Waals surface area contributed by atoms with Gasteiger partial charge in [0.05, 0.1) is 16.4 Å². The van der Waals surface area contributed by atoms with E-state index in [-0.39, 0.29) is 5.02 Å². The minimum Gasteiger partial charge on any atom is -0.370 e. The van der Waals surface area contributed by atoms with Gasteiger partial charge < -0.3 is 10.6 Å². The normalized spacial score (nSPS) is 10.5. The summed E-state index contributed by atoms with van der Waals surface area (Å²) in [5, 5.41) is 6.23. The molecule has 5 nitrogen and oxygen atoms in total. The van der Waals surface area contributed by atoms with E-state index in [1.807, 2.05) is 31.2 Å². The molecule has 2 N–H and O–H groups in total. The van der Waals surface area contributed by atoms with Gasteiger partial charge in [0.25, 0.3) is 0 Å². The molecule has 122 valence electrons. The molecule has 0 atom stereocenters. The van der Waals surface area contributed by atoms with Crippen molar-refractivity contribution in [1.82, 2.24) is 15.0 Å². The second-order valence-electron chi connectivity index (χ2n) is 4.96. The maximum atomic E-state index is 13.3. The van der Waals surface area contributed by atoms with E-state index >= 15 is 0 Å². The summed E-state index contributed by atoms with van der Waals surface area (Å²) in [7, 11) is 0. The van der Waals surface area contributed by atoms with Crippen LogP contribution in [0.2, 0.25) is 5.02 Å². The molecule has 0 spiro atoms. The molecule has 0 saturated carbocycles. The van der Waals surface area contributed by atoms with E-state index < -0.39 is 5.82 Å². The quantitative estimate of drug-likeness (QED) is 0.713. The zero-order valence-electron chi connectivity index (χ0n) is 12.9. The topological polar surface area (TPSA) is 62.7 Å². The molecule has 0 unspecified atom stereocenters. The zero-order valence-corrected chi connectivity index (χ0v) is 13.7. The molecular weight excluding hydrogens is 329 g/mol. The molecular formula is C17H15ClFN5. The fourth-order valence-electron chi connectivity index (χ4n) is 2.12. The van der Waals surface area contributed by atoms with Crippen LogP contribution in [0.4, 0.5) is 21.8 Å². The highest BCUT2D eigenvalue weighted by atomic mass is 35.5. The van der Waals surface area contributed by atoms with Crippen molar-refractivity contribution in [1.29, 1.82) is 0 Å². The van der Waals surface area contributed by atoms with E-state index in [0.29, 0.717) is 23.1 Å².